The summed E-state index contributed by atoms with van der Waals surface area (Å²) in [5.41, 5.74) is -0.829. The maximum atomic E-state index is 12.3. The highest BCUT2D eigenvalue weighted by Crippen LogP contribution is 2.09. The van der Waals surface area contributed by atoms with Crippen LogP contribution in [-0.4, -0.2) is 70.1 Å². The third-order valence-corrected chi connectivity index (χ3v) is 2.53. The van der Waals surface area contributed by atoms with Gasteiger partial charge in [-0.15, -0.1) is 0 Å². The maximum absolute atomic E-state index is 12.3. The lowest BCUT2D eigenvalue weighted by Crippen LogP contribution is -2.52. The van der Waals surface area contributed by atoms with Crippen molar-refractivity contribution < 1.29 is 38.9 Å². The summed E-state index contributed by atoms with van der Waals surface area (Å²) in [6, 6.07) is -1.27. The van der Waals surface area contributed by atoms with E-state index in [0.29, 0.717) is 11.2 Å². The van der Waals surface area contributed by atoms with E-state index in [1.54, 1.807) is 20.8 Å². The van der Waals surface area contributed by atoms with E-state index in [-0.39, 0.29) is 12.8 Å². The second-order valence-electron chi connectivity index (χ2n) is 5.92. The molecule has 0 heterocycles. The van der Waals surface area contributed by atoms with E-state index in [9.17, 15) is 24.0 Å². The normalized spacial score (nSPS) is 12.0. The van der Waals surface area contributed by atoms with Gasteiger partial charge in [0.05, 0.1) is 0 Å². The first-order chi connectivity index (χ1) is 11.0. The molecule has 2 amide bonds. The van der Waals surface area contributed by atoms with Crippen LogP contribution in [0.25, 0.3) is 0 Å². The lowest BCUT2D eigenvalue weighted by Gasteiger charge is -2.26. The highest BCUT2D eigenvalue weighted by Gasteiger charge is 2.29. The summed E-state index contributed by atoms with van der Waals surface area (Å²) >= 11 is 0. The van der Waals surface area contributed by atoms with Crippen molar-refractivity contribution in [1.82, 2.24) is 10.2 Å². The first kappa shape index (κ1) is 21.4. The van der Waals surface area contributed by atoms with E-state index in [0.717, 1.165) is 0 Å². The summed E-state index contributed by atoms with van der Waals surface area (Å²) in [5.74, 6) is -3.74. The molecule has 10 nitrogen and oxygen atoms in total. The van der Waals surface area contributed by atoms with Crippen LogP contribution in [0.3, 0.4) is 0 Å². The van der Waals surface area contributed by atoms with E-state index in [1.165, 1.54) is 0 Å². The number of nitrogens with zero attached hydrogens (tertiary/aromatic N) is 1. The molecule has 136 valence electrons. The van der Waals surface area contributed by atoms with E-state index in [2.05, 4.69) is 5.32 Å². The number of carbonyl (C=O) groups excluding carboxylic acids is 3. The molecule has 0 rings (SSSR count). The van der Waals surface area contributed by atoms with Crippen LogP contribution in [0, 0.1) is 0 Å². The number of ether oxygens (including phenoxy) is 1. The Bertz CT molecular complexity index is 481. The minimum atomic E-state index is -1.41. The summed E-state index contributed by atoms with van der Waals surface area (Å²) in [4.78, 5) is 56.8. The SMILES string of the molecule is CC(C)(C)OC(=O)NC(CCC=O)C(=O)N(CC(=O)O)CC(=O)O. The molecular formula is C14H22N2O8. The summed E-state index contributed by atoms with van der Waals surface area (Å²) in [5, 5.41) is 19.8. The van der Waals surface area contributed by atoms with Crippen LogP contribution in [0.4, 0.5) is 4.79 Å². The van der Waals surface area contributed by atoms with Gasteiger partial charge >= 0.3 is 18.0 Å². The Balaban J connectivity index is 5.18. The van der Waals surface area contributed by atoms with Crippen LogP contribution in [0.1, 0.15) is 33.6 Å². The Hall–Kier alpha value is -2.65. The zero-order valence-corrected chi connectivity index (χ0v) is 13.8. The molecule has 0 aliphatic carbocycles. The molecule has 0 aliphatic heterocycles. The average Bonchev–Trinajstić information content (AvgIpc) is 2.38. The van der Waals surface area contributed by atoms with E-state index in [4.69, 9.17) is 14.9 Å². The van der Waals surface area contributed by atoms with Gasteiger partial charge in [0.1, 0.15) is 31.0 Å². The molecular weight excluding hydrogens is 324 g/mol. The lowest BCUT2D eigenvalue weighted by molar-refractivity contribution is -0.150. The van der Waals surface area contributed by atoms with Gasteiger partial charge in [0.2, 0.25) is 5.91 Å². The number of carbonyl (C=O) groups is 5. The van der Waals surface area contributed by atoms with Crippen molar-refractivity contribution in [3.05, 3.63) is 0 Å². The summed E-state index contributed by atoms with van der Waals surface area (Å²) < 4.78 is 5.00. The topological polar surface area (TPSA) is 150 Å². The number of hydrogen-bond acceptors (Lipinski definition) is 6. The number of aldehydes is 1. The zero-order chi connectivity index (χ0) is 18.9. The van der Waals surface area contributed by atoms with Crippen LogP contribution >= 0.6 is 0 Å². The second kappa shape index (κ2) is 9.48. The number of carboxylic acids is 2. The van der Waals surface area contributed by atoms with Crippen LogP contribution in [0.15, 0.2) is 0 Å². The smallest absolute Gasteiger partial charge is 0.408 e. The first-order valence-corrected chi connectivity index (χ1v) is 7.11. The van der Waals surface area contributed by atoms with Crippen molar-refractivity contribution in [2.24, 2.45) is 0 Å². The predicted molar refractivity (Wildman–Crippen MR) is 80.3 cm³/mol. The molecule has 10 heteroatoms. The Morgan fingerprint density at radius 3 is 2.00 bits per heavy atom. The molecule has 1 atom stereocenters. The number of aliphatic carboxylic acids is 2. The summed E-state index contributed by atoms with van der Waals surface area (Å²) in [7, 11) is 0. The standard InChI is InChI=1S/C14H22N2O8/c1-14(2,3)24-13(23)15-9(5-4-6-17)12(22)16(7-10(18)19)8-11(20)21/h6,9H,4-5,7-8H2,1-3H3,(H,15,23)(H,18,19)(H,20,21). The number of carboxylic acid groups (broad SMARTS) is 2. The quantitative estimate of drug-likeness (QED) is 0.488. The Labute approximate surface area is 138 Å². The first-order valence-electron chi connectivity index (χ1n) is 7.11. The molecule has 0 fully saturated rings. The fourth-order valence-electron chi connectivity index (χ4n) is 1.70. The number of amides is 2. The maximum Gasteiger partial charge on any atom is 0.408 e. The molecule has 0 aromatic carbocycles. The minimum absolute atomic E-state index is 0.0831. The van der Waals surface area contributed by atoms with Gasteiger partial charge in [0, 0.05) is 6.42 Å². The fraction of sp³-hybridized carbons (Fsp3) is 0.643. The molecule has 0 aromatic rings. The lowest BCUT2D eigenvalue weighted by atomic mass is 10.1. The van der Waals surface area contributed by atoms with Gasteiger partial charge in [-0.1, -0.05) is 0 Å². The summed E-state index contributed by atoms with van der Waals surface area (Å²) in [6.07, 6.45) is -0.606. The largest absolute Gasteiger partial charge is 0.480 e. The molecule has 0 aliphatic rings. The minimum Gasteiger partial charge on any atom is -0.480 e. The van der Waals surface area contributed by atoms with E-state index in [1.807, 2.05) is 0 Å². The van der Waals surface area contributed by atoms with E-state index >= 15 is 0 Å². The number of rotatable bonds is 9. The summed E-state index contributed by atoms with van der Waals surface area (Å²) in [6.45, 7) is 3.12. The Kier molecular flexibility index (Phi) is 8.43. The van der Waals surface area contributed by atoms with Gasteiger partial charge in [0.25, 0.3) is 0 Å². The van der Waals surface area contributed by atoms with Gasteiger partial charge in [-0.2, -0.15) is 0 Å². The molecule has 0 spiro atoms. The van der Waals surface area contributed by atoms with Gasteiger partial charge in [-0.25, -0.2) is 4.79 Å². The average molecular weight is 346 g/mol. The Morgan fingerprint density at radius 2 is 1.62 bits per heavy atom. The monoisotopic (exact) mass is 346 g/mol. The van der Waals surface area contributed by atoms with Crippen LogP contribution in [0.2, 0.25) is 0 Å². The van der Waals surface area contributed by atoms with Crippen LogP contribution in [0.5, 0.6) is 0 Å². The van der Waals surface area contributed by atoms with Gasteiger partial charge < -0.3 is 30.0 Å². The molecule has 0 saturated carbocycles. The number of nitrogens with one attached hydrogen (secondary N) is 1. The molecule has 0 bridgehead atoms. The second-order valence-corrected chi connectivity index (χ2v) is 5.92. The third kappa shape index (κ3) is 9.38. The van der Waals surface area contributed by atoms with Crippen molar-refractivity contribution in [3.63, 3.8) is 0 Å². The fourth-order valence-corrected chi connectivity index (χ4v) is 1.70. The highest BCUT2D eigenvalue weighted by atomic mass is 16.6. The number of alkyl carbamates (subject to hydrolysis) is 1. The van der Waals surface area contributed by atoms with Crippen molar-refractivity contribution in [2.45, 2.75) is 45.3 Å². The van der Waals surface area contributed by atoms with Crippen molar-refractivity contribution in [1.29, 1.82) is 0 Å². The molecule has 3 N–H and O–H groups in total. The van der Waals surface area contributed by atoms with Crippen molar-refractivity contribution in [3.8, 4) is 0 Å². The molecule has 0 aromatic heterocycles. The number of hydrogen-bond donors (Lipinski definition) is 3. The highest BCUT2D eigenvalue weighted by molar-refractivity contribution is 5.90. The predicted octanol–water partition coefficient (Wildman–Crippen LogP) is -0.143. The van der Waals surface area contributed by atoms with E-state index < -0.39 is 48.7 Å². The van der Waals surface area contributed by atoms with Crippen molar-refractivity contribution >= 4 is 30.2 Å². The van der Waals surface area contributed by atoms with Crippen LogP contribution in [-0.2, 0) is 23.9 Å². The van der Waals surface area contributed by atoms with Gasteiger partial charge in [-0.05, 0) is 27.2 Å². The van der Waals surface area contributed by atoms with Gasteiger partial charge in [0.15, 0.2) is 0 Å². The van der Waals surface area contributed by atoms with Gasteiger partial charge in [-0.3, -0.25) is 14.4 Å². The Morgan fingerprint density at radius 1 is 1.12 bits per heavy atom. The third-order valence-electron chi connectivity index (χ3n) is 2.53. The van der Waals surface area contributed by atoms with Crippen LogP contribution < -0.4 is 5.32 Å². The molecule has 24 heavy (non-hydrogen) atoms. The zero-order valence-electron chi connectivity index (χ0n) is 13.8. The van der Waals surface area contributed by atoms with Crippen molar-refractivity contribution in [2.75, 3.05) is 13.1 Å². The molecule has 1 unspecified atom stereocenters. The molecule has 0 saturated heterocycles. The molecule has 0 radical (unpaired) electrons.